The maximum absolute atomic E-state index is 13.4. The van der Waals surface area contributed by atoms with Crippen LogP contribution >= 0.6 is 34.4 Å². The highest BCUT2D eigenvalue weighted by atomic mass is 127. The summed E-state index contributed by atoms with van der Waals surface area (Å²) >= 11 is 3.53. The molecule has 0 aliphatic rings. The molecule has 7 nitrogen and oxygen atoms in total. The third kappa shape index (κ3) is 9.51. The molecule has 4 rings (SSSR count). The number of nitrogens with one attached hydrogen (secondary N) is 2. The Bertz CT molecular complexity index is 1510. The van der Waals surface area contributed by atoms with E-state index in [1.165, 1.54) is 17.8 Å². The van der Waals surface area contributed by atoms with Gasteiger partial charge < -0.3 is 20.5 Å². The molecule has 0 bridgehead atoms. The normalized spacial score (nSPS) is 11.8. The highest BCUT2D eigenvalue weighted by Crippen LogP contribution is 2.23. The van der Waals surface area contributed by atoms with Crippen LogP contribution in [0.3, 0.4) is 0 Å². The molecule has 0 fully saturated rings. The second-order valence-electron chi connectivity index (χ2n) is 8.87. The van der Waals surface area contributed by atoms with Crippen molar-refractivity contribution in [1.82, 2.24) is 10.6 Å². The number of rotatable bonds is 12. The number of benzene rings is 4. The average molecular weight is 679 g/mol. The molecule has 0 heterocycles. The van der Waals surface area contributed by atoms with E-state index in [-0.39, 0.29) is 11.4 Å². The number of aliphatic carboxylic acids is 1. The molecule has 41 heavy (non-hydrogen) atoms. The lowest BCUT2D eigenvalue weighted by molar-refractivity contribution is -0.140. The van der Waals surface area contributed by atoms with Crippen LogP contribution in [0.2, 0.25) is 0 Å². The van der Waals surface area contributed by atoms with E-state index in [4.69, 9.17) is 4.74 Å². The van der Waals surface area contributed by atoms with Gasteiger partial charge in [0.1, 0.15) is 23.2 Å². The Morgan fingerprint density at radius 2 is 1.51 bits per heavy atom. The molecular weight excluding hydrogens is 651 g/mol. The van der Waals surface area contributed by atoms with Crippen molar-refractivity contribution in [3.05, 3.63) is 135 Å². The summed E-state index contributed by atoms with van der Waals surface area (Å²) in [6, 6.07) is 31.6. The number of ether oxygens (including phenoxy) is 1. The molecule has 208 valence electrons. The molecule has 0 unspecified atom stereocenters. The van der Waals surface area contributed by atoms with Crippen LogP contribution in [0.5, 0.6) is 11.5 Å². The Hall–Kier alpha value is -4.09. The number of carboxylic acid groups (broad SMARTS) is 1. The van der Waals surface area contributed by atoms with Crippen LogP contribution < -0.4 is 15.4 Å². The molecule has 0 aliphatic heterocycles. The molecule has 4 aromatic carbocycles. The molecular formula is C32H27IN2O5S. The van der Waals surface area contributed by atoms with Gasteiger partial charge in [-0.15, -0.1) is 0 Å². The van der Waals surface area contributed by atoms with Gasteiger partial charge in [0, 0.05) is 20.6 Å². The average Bonchev–Trinajstić information content (AvgIpc) is 2.97. The number of carboxylic acids is 1. The summed E-state index contributed by atoms with van der Waals surface area (Å²) in [4.78, 5) is 38.4. The van der Waals surface area contributed by atoms with Gasteiger partial charge in [-0.3, -0.25) is 9.59 Å². The summed E-state index contributed by atoms with van der Waals surface area (Å²) in [6.45, 7) is 0. The van der Waals surface area contributed by atoms with Gasteiger partial charge in [-0.25, -0.2) is 4.79 Å². The lowest BCUT2D eigenvalue weighted by Gasteiger charge is -2.17. The predicted octanol–water partition coefficient (Wildman–Crippen LogP) is 6.36. The van der Waals surface area contributed by atoms with Gasteiger partial charge in [0.15, 0.2) is 0 Å². The van der Waals surface area contributed by atoms with Crippen molar-refractivity contribution in [2.75, 3.05) is 5.75 Å². The minimum atomic E-state index is -1.17. The van der Waals surface area contributed by atoms with Crippen LogP contribution in [0, 0.1) is 3.57 Å². The fourth-order valence-corrected chi connectivity index (χ4v) is 5.06. The van der Waals surface area contributed by atoms with Crippen molar-refractivity contribution in [1.29, 1.82) is 0 Å². The number of hydrogen-bond donors (Lipinski definition) is 3. The predicted molar refractivity (Wildman–Crippen MR) is 170 cm³/mol. The van der Waals surface area contributed by atoms with E-state index in [1.54, 1.807) is 48.5 Å². The van der Waals surface area contributed by atoms with Gasteiger partial charge >= 0.3 is 5.97 Å². The van der Waals surface area contributed by atoms with Gasteiger partial charge in [-0.2, -0.15) is 11.8 Å². The maximum Gasteiger partial charge on any atom is 0.327 e. The molecule has 4 aromatic rings. The van der Waals surface area contributed by atoms with Gasteiger partial charge in [0.2, 0.25) is 0 Å². The monoisotopic (exact) mass is 678 g/mol. The molecule has 9 heteroatoms. The van der Waals surface area contributed by atoms with Crippen molar-refractivity contribution in [2.24, 2.45) is 0 Å². The molecule has 0 aromatic heterocycles. The third-order valence-corrected chi connectivity index (χ3v) is 7.57. The molecule has 1 atom stereocenters. The zero-order valence-electron chi connectivity index (χ0n) is 21.8. The highest BCUT2D eigenvalue weighted by Gasteiger charge is 2.23. The van der Waals surface area contributed by atoms with E-state index in [9.17, 15) is 19.5 Å². The third-order valence-electron chi connectivity index (χ3n) is 5.75. The Labute approximate surface area is 256 Å². The fraction of sp³-hybridized carbons (Fsp3) is 0.0938. The lowest BCUT2D eigenvalue weighted by Crippen LogP contribution is -2.45. The number of halogens is 1. The van der Waals surface area contributed by atoms with E-state index in [2.05, 4.69) is 33.2 Å². The maximum atomic E-state index is 13.4. The van der Waals surface area contributed by atoms with E-state index >= 15 is 0 Å². The number of carbonyl (C=O) groups is 3. The van der Waals surface area contributed by atoms with Crippen molar-refractivity contribution in [3.63, 3.8) is 0 Å². The van der Waals surface area contributed by atoms with Crippen molar-refractivity contribution in [3.8, 4) is 11.5 Å². The first-order valence-electron chi connectivity index (χ1n) is 12.6. The van der Waals surface area contributed by atoms with Crippen molar-refractivity contribution >= 4 is 58.2 Å². The lowest BCUT2D eigenvalue weighted by atomic mass is 10.1. The smallest absolute Gasteiger partial charge is 0.327 e. The van der Waals surface area contributed by atoms with Crippen LogP contribution in [-0.4, -0.2) is 34.7 Å². The Kier molecular flexibility index (Phi) is 11.0. The number of carbonyl (C=O) groups excluding carboxylic acids is 2. The molecule has 2 amide bonds. The zero-order chi connectivity index (χ0) is 29.0. The van der Waals surface area contributed by atoms with E-state index < -0.39 is 23.8 Å². The Balaban J connectivity index is 1.54. The summed E-state index contributed by atoms with van der Waals surface area (Å²) in [5.41, 5.74) is 1.90. The molecule has 0 saturated heterocycles. The SMILES string of the molecule is O=C(N[C@@H](CSCc1ccccc1)C(=O)O)/C(=C/c1cccc(Oc2ccccc2)c1)NC(=O)c1ccc(I)cc1. The first kappa shape index (κ1) is 29.9. The molecule has 0 saturated carbocycles. The standard InChI is InChI=1S/C32H27IN2O5S/c33-25-16-14-24(15-17-25)30(36)34-28(19-23-10-7-13-27(18-23)40-26-11-5-2-6-12-26)31(37)35-29(32(38)39)21-41-20-22-8-3-1-4-9-22/h1-19,29H,20-21H2,(H,34,36)(H,35,37)(H,38,39)/b28-19-/t29-/m0/s1. The van der Waals surface area contributed by atoms with Gasteiger partial charge in [0.25, 0.3) is 11.8 Å². The van der Waals surface area contributed by atoms with Gasteiger partial charge in [0.05, 0.1) is 0 Å². The first-order valence-corrected chi connectivity index (χ1v) is 14.9. The second kappa shape index (κ2) is 15.1. The van der Waals surface area contributed by atoms with Gasteiger partial charge in [-0.05, 0) is 88.3 Å². The largest absolute Gasteiger partial charge is 0.480 e. The topological polar surface area (TPSA) is 105 Å². The van der Waals surface area contributed by atoms with Crippen LogP contribution in [0.15, 0.2) is 115 Å². The Morgan fingerprint density at radius 3 is 2.20 bits per heavy atom. The first-order chi connectivity index (χ1) is 19.9. The molecule has 0 radical (unpaired) electrons. The number of para-hydroxylation sites is 1. The number of amides is 2. The van der Waals surface area contributed by atoms with Crippen LogP contribution in [0.4, 0.5) is 0 Å². The van der Waals surface area contributed by atoms with Crippen LogP contribution in [0.1, 0.15) is 21.5 Å². The van der Waals surface area contributed by atoms with E-state index in [1.807, 2.05) is 60.7 Å². The summed E-state index contributed by atoms with van der Waals surface area (Å²) in [6.07, 6.45) is 1.49. The van der Waals surface area contributed by atoms with Gasteiger partial charge in [-0.1, -0.05) is 60.7 Å². The van der Waals surface area contributed by atoms with Crippen LogP contribution in [0.25, 0.3) is 6.08 Å². The summed E-state index contributed by atoms with van der Waals surface area (Å²) in [5, 5.41) is 15.0. The van der Waals surface area contributed by atoms with Crippen molar-refractivity contribution < 1.29 is 24.2 Å². The van der Waals surface area contributed by atoms with Crippen molar-refractivity contribution in [2.45, 2.75) is 11.8 Å². The summed E-state index contributed by atoms with van der Waals surface area (Å²) in [7, 11) is 0. The minimum absolute atomic E-state index is 0.0929. The fourth-order valence-electron chi connectivity index (χ4n) is 3.69. The Morgan fingerprint density at radius 1 is 0.854 bits per heavy atom. The number of thioether (sulfide) groups is 1. The van der Waals surface area contributed by atoms with E-state index in [0.29, 0.717) is 28.4 Å². The van der Waals surface area contributed by atoms with E-state index in [0.717, 1.165) is 9.13 Å². The molecule has 0 aliphatic carbocycles. The van der Waals surface area contributed by atoms with Crippen LogP contribution in [-0.2, 0) is 15.3 Å². The minimum Gasteiger partial charge on any atom is -0.480 e. The quantitative estimate of drug-likeness (QED) is 0.119. The summed E-state index contributed by atoms with van der Waals surface area (Å²) in [5.74, 6) is -0.447. The zero-order valence-corrected chi connectivity index (χ0v) is 24.8. The molecule has 0 spiro atoms. The second-order valence-corrected chi connectivity index (χ2v) is 11.1. The molecule has 3 N–H and O–H groups in total. The summed E-state index contributed by atoms with van der Waals surface area (Å²) < 4.78 is 6.86. The highest BCUT2D eigenvalue weighted by molar-refractivity contribution is 14.1. The number of hydrogen-bond acceptors (Lipinski definition) is 5.